The summed E-state index contributed by atoms with van der Waals surface area (Å²) in [5.41, 5.74) is -0.517. The minimum atomic E-state index is -0.847. The molecule has 0 unspecified atom stereocenters. The Morgan fingerprint density at radius 1 is 1.31 bits per heavy atom. The van der Waals surface area contributed by atoms with Crippen LogP contribution in [0.15, 0.2) is 0 Å². The van der Waals surface area contributed by atoms with E-state index in [0.717, 1.165) is 0 Å². The molecule has 0 atom stereocenters. The predicted octanol–water partition coefficient (Wildman–Crippen LogP) is 2.11. The minimum Gasteiger partial charge on any atom is -0.481 e. The van der Waals surface area contributed by atoms with Crippen molar-refractivity contribution in [2.24, 2.45) is 0 Å². The van der Waals surface area contributed by atoms with Crippen LogP contribution in [0.25, 0.3) is 0 Å². The molecular formula is C11H21NO4. The summed E-state index contributed by atoms with van der Waals surface area (Å²) in [6.45, 7) is 8.18. The molecule has 5 heteroatoms. The Labute approximate surface area is 96.4 Å². The van der Waals surface area contributed by atoms with E-state index >= 15 is 0 Å². The van der Waals surface area contributed by atoms with E-state index in [4.69, 9.17) is 9.84 Å². The number of hydrogen-bond acceptors (Lipinski definition) is 3. The molecule has 0 aliphatic heterocycles. The maximum Gasteiger partial charge on any atom is 0.410 e. The summed E-state index contributed by atoms with van der Waals surface area (Å²) < 4.78 is 5.19. The first-order valence-corrected chi connectivity index (χ1v) is 5.46. The molecule has 0 fully saturated rings. The fourth-order valence-electron chi connectivity index (χ4n) is 1.13. The third-order valence-corrected chi connectivity index (χ3v) is 1.85. The zero-order valence-electron chi connectivity index (χ0n) is 10.4. The van der Waals surface area contributed by atoms with E-state index in [9.17, 15) is 9.59 Å². The number of hydrogen-bond donors (Lipinski definition) is 1. The van der Waals surface area contributed by atoms with Crippen LogP contribution in [-0.2, 0) is 9.53 Å². The molecule has 0 aromatic carbocycles. The van der Waals surface area contributed by atoms with Crippen molar-refractivity contribution < 1.29 is 19.4 Å². The van der Waals surface area contributed by atoms with Crippen LogP contribution in [0.4, 0.5) is 4.79 Å². The highest BCUT2D eigenvalue weighted by Gasteiger charge is 2.20. The van der Waals surface area contributed by atoms with Crippen LogP contribution >= 0.6 is 0 Å². The van der Waals surface area contributed by atoms with Gasteiger partial charge in [0.25, 0.3) is 0 Å². The normalized spacial score (nSPS) is 11.0. The molecule has 0 radical (unpaired) electrons. The van der Waals surface area contributed by atoms with Crippen molar-refractivity contribution >= 4 is 12.1 Å². The molecule has 16 heavy (non-hydrogen) atoms. The van der Waals surface area contributed by atoms with Gasteiger partial charge in [-0.3, -0.25) is 4.79 Å². The van der Waals surface area contributed by atoms with Gasteiger partial charge in [0.1, 0.15) is 5.60 Å². The Kier molecular flexibility index (Phi) is 5.85. The monoisotopic (exact) mass is 231 g/mol. The Balaban J connectivity index is 4.07. The van der Waals surface area contributed by atoms with E-state index < -0.39 is 11.6 Å². The highest BCUT2D eigenvalue weighted by molar-refractivity contribution is 5.68. The van der Waals surface area contributed by atoms with Crippen molar-refractivity contribution in [2.75, 3.05) is 13.1 Å². The molecular weight excluding hydrogens is 210 g/mol. The van der Waals surface area contributed by atoms with E-state index in [1.807, 2.05) is 6.92 Å². The maximum atomic E-state index is 11.6. The Morgan fingerprint density at radius 2 is 1.88 bits per heavy atom. The van der Waals surface area contributed by atoms with Gasteiger partial charge in [0.05, 0.1) is 0 Å². The van der Waals surface area contributed by atoms with Crippen LogP contribution in [0, 0.1) is 0 Å². The number of amides is 1. The number of carboxylic acids is 1. The van der Waals surface area contributed by atoms with Crippen LogP contribution in [0.1, 0.15) is 40.5 Å². The van der Waals surface area contributed by atoms with Gasteiger partial charge in [0.15, 0.2) is 0 Å². The van der Waals surface area contributed by atoms with Crippen molar-refractivity contribution in [1.29, 1.82) is 0 Å². The molecule has 0 rings (SSSR count). The molecule has 1 N–H and O–H groups in total. The van der Waals surface area contributed by atoms with Gasteiger partial charge in [0, 0.05) is 19.5 Å². The molecule has 0 saturated carbocycles. The summed E-state index contributed by atoms with van der Waals surface area (Å²) in [5.74, 6) is -0.847. The molecule has 0 heterocycles. The largest absolute Gasteiger partial charge is 0.481 e. The van der Waals surface area contributed by atoms with Crippen molar-refractivity contribution in [3.05, 3.63) is 0 Å². The van der Waals surface area contributed by atoms with Gasteiger partial charge in [0.2, 0.25) is 0 Å². The van der Waals surface area contributed by atoms with Gasteiger partial charge < -0.3 is 14.7 Å². The second kappa shape index (κ2) is 6.35. The smallest absolute Gasteiger partial charge is 0.410 e. The molecule has 94 valence electrons. The number of carbonyl (C=O) groups is 2. The number of carboxylic acid groups (broad SMARTS) is 1. The summed E-state index contributed by atoms with van der Waals surface area (Å²) in [7, 11) is 0. The SMILES string of the molecule is CCN(CCCC(=O)O)C(=O)OC(C)(C)C. The van der Waals surface area contributed by atoms with E-state index in [1.165, 1.54) is 4.90 Å². The van der Waals surface area contributed by atoms with Gasteiger partial charge >= 0.3 is 12.1 Å². The molecule has 0 aromatic rings. The van der Waals surface area contributed by atoms with Gasteiger partial charge in [-0.25, -0.2) is 4.79 Å². The number of rotatable bonds is 5. The van der Waals surface area contributed by atoms with E-state index in [1.54, 1.807) is 20.8 Å². The van der Waals surface area contributed by atoms with Gasteiger partial charge in [-0.2, -0.15) is 0 Å². The minimum absolute atomic E-state index is 0.0687. The molecule has 0 aliphatic rings. The summed E-state index contributed by atoms with van der Waals surface area (Å²) in [5, 5.41) is 8.49. The third-order valence-electron chi connectivity index (χ3n) is 1.85. The summed E-state index contributed by atoms with van der Waals surface area (Å²) in [4.78, 5) is 23.5. The molecule has 0 aromatic heterocycles. The topological polar surface area (TPSA) is 66.8 Å². The number of carbonyl (C=O) groups excluding carboxylic acids is 1. The van der Waals surface area contributed by atoms with Crippen molar-refractivity contribution in [3.8, 4) is 0 Å². The highest BCUT2D eigenvalue weighted by Crippen LogP contribution is 2.10. The first-order chi connectivity index (χ1) is 7.26. The Morgan fingerprint density at radius 3 is 2.25 bits per heavy atom. The lowest BCUT2D eigenvalue weighted by Gasteiger charge is -2.26. The van der Waals surface area contributed by atoms with Crippen molar-refractivity contribution in [3.63, 3.8) is 0 Å². The summed E-state index contributed by atoms with van der Waals surface area (Å²) in [6, 6.07) is 0. The average Bonchev–Trinajstić information content (AvgIpc) is 2.08. The summed E-state index contributed by atoms with van der Waals surface area (Å²) in [6.07, 6.45) is 0.127. The van der Waals surface area contributed by atoms with Crippen LogP contribution in [-0.4, -0.2) is 40.8 Å². The quantitative estimate of drug-likeness (QED) is 0.786. The van der Waals surface area contributed by atoms with Crippen LogP contribution in [0.3, 0.4) is 0 Å². The number of ether oxygens (including phenoxy) is 1. The molecule has 0 spiro atoms. The average molecular weight is 231 g/mol. The first kappa shape index (κ1) is 14.7. The van der Waals surface area contributed by atoms with E-state index in [2.05, 4.69) is 0 Å². The molecule has 0 aliphatic carbocycles. The number of aliphatic carboxylic acids is 1. The molecule has 0 bridgehead atoms. The molecule has 5 nitrogen and oxygen atoms in total. The third kappa shape index (κ3) is 7.09. The van der Waals surface area contributed by atoms with E-state index in [0.29, 0.717) is 19.5 Å². The van der Waals surface area contributed by atoms with Crippen molar-refractivity contribution in [1.82, 2.24) is 4.90 Å². The molecule has 0 saturated heterocycles. The van der Waals surface area contributed by atoms with Gasteiger partial charge in [-0.15, -0.1) is 0 Å². The molecule has 1 amide bonds. The standard InChI is InChI=1S/C11H21NO4/c1-5-12(8-6-7-9(13)14)10(15)16-11(2,3)4/h5-8H2,1-4H3,(H,13,14). The fraction of sp³-hybridized carbons (Fsp3) is 0.818. The van der Waals surface area contributed by atoms with Gasteiger partial charge in [-0.05, 0) is 34.1 Å². The lowest BCUT2D eigenvalue weighted by Crippen LogP contribution is -2.37. The second-order valence-electron chi connectivity index (χ2n) is 4.56. The Bertz CT molecular complexity index is 245. The van der Waals surface area contributed by atoms with E-state index in [-0.39, 0.29) is 12.5 Å². The van der Waals surface area contributed by atoms with Gasteiger partial charge in [-0.1, -0.05) is 0 Å². The van der Waals surface area contributed by atoms with Crippen molar-refractivity contribution in [2.45, 2.75) is 46.1 Å². The lowest BCUT2D eigenvalue weighted by atomic mass is 10.2. The summed E-state index contributed by atoms with van der Waals surface area (Å²) >= 11 is 0. The Hall–Kier alpha value is -1.26. The van der Waals surface area contributed by atoms with Crippen LogP contribution in [0.5, 0.6) is 0 Å². The maximum absolute atomic E-state index is 11.6. The van der Waals surface area contributed by atoms with Crippen LogP contribution < -0.4 is 0 Å². The fourth-order valence-corrected chi connectivity index (χ4v) is 1.13. The van der Waals surface area contributed by atoms with Crippen LogP contribution in [0.2, 0.25) is 0 Å². The highest BCUT2D eigenvalue weighted by atomic mass is 16.6. The second-order valence-corrected chi connectivity index (χ2v) is 4.56. The first-order valence-electron chi connectivity index (χ1n) is 5.46. The lowest BCUT2D eigenvalue weighted by molar-refractivity contribution is -0.137. The zero-order chi connectivity index (χ0) is 12.8. The zero-order valence-corrected chi connectivity index (χ0v) is 10.4. The predicted molar refractivity (Wildman–Crippen MR) is 60.4 cm³/mol. The number of nitrogens with zero attached hydrogens (tertiary/aromatic N) is 1.